The van der Waals surface area contributed by atoms with E-state index in [2.05, 4.69) is 66.2 Å². The molecule has 0 saturated carbocycles. The molecule has 1 aliphatic heterocycles. The normalized spacial score (nSPS) is 22.1. The average Bonchev–Trinajstić information content (AvgIpc) is 2.91. The number of hydrogen-bond donors (Lipinski definition) is 0. The van der Waals surface area contributed by atoms with Gasteiger partial charge in [0.1, 0.15) is 5.82 Å². The van der Waals surface area contributed by atoms with Gasteiger partial charge in [-0.15, -0.1) is 0 Å². The standard InChI is InChI=1S/C21H27N3O/c1-14-11-22-17(4)24-20-8-6-5-7-18(20)19(21(14)24)9-10-23-12-15(2)25-16(3)13-23/h5-8,11,15-16H,9-10,12-13H2,1-4H3. The molecule has 2 unspecified atom stereocenters. The Kier molecular flexibility index (Phi) is 4.26. The van der Waals surface area contributed by atoms with E-state index in [1.807, 2.05) is 6.20 Å². The van der Waals surface area contributed by atoms with Crippen LogP contribution < -0.4 is 0 Å². The number of ether oxygens (including phenoxy) is 1. The first-order chi connectivity index (χ1) is 12.0. The maximum absolute atomic E-state index is 5.87. The summed E-state index contributed by atoms with van der Waals surface area (Å²) in [5.74, 6) is 1.05. The molecule has 0 N–H and O–H groups in total. The van der Waals surface area contributed by atoms with E-state index >= 15 is 0 Å². The molecule has 132 valence electrons. The Labute approximate surface area is 149 Å². The molecule has 3 heterocycles. The quantitative estimate of drug-likeness (QED) is 0.729. The molecule has 25 heavy (non-hydrogen) atoms. The third kappa shape index (κ3) is 2.94. The van der Waals surface area contributed by atoms with Gasteiger partial charge >= 0.3 is 0 Å². The highest BCUT2D eigenvalue weighted by Crippen LogP contribution is 2.30. The molecule has 3 aromatic rings. The van der Waals surface area contributed by atoms with Crippen LogP contribution in [0, 0.1) is 13.8 Å². The van der Waals surface area contributed by atoms with Crippen LogP contribution in [0.25, 0.3) is 16.4 Å². The van der Waals surface area contributed by atoms with Crippen molar-refractivity contribution < 1.29 is 4.74 Å². The van der Waals surface area contributed by atoms with E-state index in [0.717, 1.165) is 31.9 Å². The van der Waals surface area contributed by atoms with Crippen molar-refractivity contribution in [3.8, 4) is 0 Å². The molecule has 2 aromatic heterocycles. The smallest absolute Gasteiger partial charge is 0.110 e. The van der Waals surface area contributed by atoms with Crippen molar-refractivity contribution in [2.24, 2.45) is 0 Å². The summed E-state index contributed by atoms with van der Waals surface area (Å²) in [6, 6.07) is 8.72. The van der Waals surface area contributed by atoms with Crippen LogP contribution >= 0.6 is 0 Å². The van der Waals surface area contributed by atoms with Crippen LogP contribution in [0.4, 0.5) is 0 Å². The molecule has 1 saturated heterocycles. The summed E-state index contributed by atoms with van der Waals surface area (Å²) in [6.07, 6.45) is 3.70. The van der Waals surface area contributed by atoms with Crippen molar-refractivity contribution in [2.75, 3.05) is 19.6 Å². The maximum atomic E-state index is 5.87. The largest absolute Gasteiger partial charge is 0.373 e. The van der Waals surface area contributed by atoms with Crippen LogP contribution in [0.15, 0.2) is 30.5 Å². The molecule has 1 fully saturated rings. The van der Waals surface area contributed by atoms with Crippen LogP contribution in [-0.4, -0.2) is 46.1 Å². The lowest BCUT2D eigenvalue weighted by atomic mass is 10.1. The van der Waals surface area contributed by atoms with Crippen LogP contribution in [-0.2, 0) is 11.2 Å². The Balaban J connectivity index is 1.74. The Morgan fingerprint density at radius 1 is 1.12 bits per heavy atom. The Morgan fingerprint density at radius 2 is 1.84 bits per heavy atom. The van der Waals surface area contributed by atoms with Gasteiger partial charge in [0.25, 0.3) is 0 Å². The van der Waals surface area contributed by atoms with Gasteiger partial charge in [0.05, 0.1) is 23.2 Å². The zero-order chi connectivity index (χ0) is 17.6. The maximum Gasteiger partial charge on any atom is 0.110 e. The predicted molar refractivity (Wildman–Crippen MR) is 102 cm³/mol. The van der Waals surface area contributed by atoms with Gasteiger partial charge in [-0.1, -0.05) is 18.2 Å². The van der Waals surface area contributed by atoms with E-state index in [0.29, 0.717) is 12.2 Å². The first-order valence-corrected chi connectivity index (χ1v) is 9.26. The molecule has 0 amide bonds. The minimum absolute atomic E-state index is 0.319. The highest BCUT2D eigenvalue weighted by Gasteiger charge is 2.23. The number of nitrogens with zero attached hydrogens (tertiary/aromatic N) is 3. The molecule has 1 aromatic carbocycles. The van der Waals surface area contributed by atoms with Gasteiger partial charge in [-0.05, 0) is 51.3 Å². The zero-order valence-electron chi connectivity index (χ0n) is 15.6. The number of fused-ring (bicyclic) bond motifs is 3. The van der Waals surface area contributed by atoms with Crippen molar-refractivity contribution in [2.45, 2.75) is 46.3 Å². The summed E-state index contributed by atoms with van der Waals surface area (Å²) in [5.41, 5.74) is 5.30. The zero-order valence-corrected chi connectivity index (χ0v) is 15.6. The van der Waals surface area contributed by atoms with E-state index in [-0.39, 0.29) is 0 Å². The van der Waals surface area contributed by atoms with Gasteiger partial charge in [-0.2, -0.15) is 0 Å². The van der Waals surface area contributed by atoms with Gasteiger partial charge in [0.2, 0.25) is 0 Å². The van der Waals surface area contributed by atoms with Gasteiger partial charge in [0, 0.05) is 31.2 Å². The molecular weight excluding hydrogens is 310 g/mol. The SMILES string of the molecule is Cc1cnc(C)n2c1c(CCN1CC(C)OC(C)C1)c1ccccc12. The molecule has 0 radical (unpaired) electrons. The molecule has 0 spiro atoms. The lowest BCUT2D eigenvalue weighted by Gasteiger charge is -2.35. The summed E-state index contributed by atoms with van der Waals surface area (Å²) >= 11 is 0. The number of aromatic nitrogens is 2. The second kappa shape index (κ2) is 6.43. The predicted octanol–water partition coefficient (Wildman–Crippen LogP) is 3.76. The Bertz CT molecular complexity index is 904. The summed E-state index contributed by atoms with van der Waals surface area (Å²) in [7, 11) is 0. The number of hydrogen-bond acceptors (Lipinski definition) is 3. The van der Waals surface area contributed by atoms with Crippen LogP contribution in [0.3, 0.4) is 0 Å². The number of benzene rings is 1. The summed E-state index contributed by atoms with van der Waals surface area (Å²) in [5, 5.41) is 1.36. The minimum Gasteiger partial charge on any atom is -0.373 e. The lowest BCUT2D eigenvalue weighted by molar-refractivity contribution is -0.0675. The van der Waals surface area contributed by atoms with Gasteiger partial charge in [-0.3, -0.25) is 9.30 Å². The number of aryl methyl sites for hydroxylation is 2. The van der Waals surface area contributed by atoms with Crippen molar-refractivity contribution in [1.29, 1.82) is 0 Å². The minimum atomic E-state index is 0.319. The fraction of sp³-hybridized carbons (Fsp3) is 0.476. The Morgan fingerprint density at radius 3 is 2.60 bits per heavy atom. The van der Waals surface area contributed by atoms with E-state index in [1.165, 1.54) is 27.5 Å². The van der Waals surface area contributed by atoms with Gasteiger partial charge in [0.15, 0.2) is 0 Å². The van der Waals surface area contributed by atoms with Crippen LogP contribution in [0.2, 0.25) is 0 Å². The monoisotopic (exact) mass is 337 g/mol. The van der Waals surface area contributed by atoms with E-state index < -0.39 is 0 Å². The van der Waals surface area contributed by atoms with Crippen LogP contribution in [0.1, 0.15) is 30.8 Å². The number of rotatable bonds is 3. The highest BCUT2D eigenvalue weighted by molar-refractivity contribution is 5.93. The lowest BCUT2D eigenvalue weighted by Crippen LogP contribution is -2.46. The first-order valence-electron chi connectivity index (χ1n) is 9.26. The van der Waals surface area contributed by atoms with E-state index in [9.17, 15) is 0 Å². The van der Waals surface area contributed by atoms with Crippen molar-refractivity contribution in [1.82, 2.24) is 14.3 Å². The average molecular weight is 337 g/mol. The van der Waals surface area contributed by atoms with E-state index in [1.54, 1.807) is 0 Å². The molecule has 4 nitrogen and oxygen atoms in total. The van der Waals surface area contributed by atoms with Gasteiger partial charge in [-0.25, -0.2) is 4.98 Å². The molecule has 4 rings (SSSR count). The molecule has 0 aliphatic carbocycles. The fourth-order valence-corrected chi connectivity index (χ4v) is 4.36. The number of morpholine rings is 1. The second-order valence-corrected chi connectivity index (χ2v) is 7.44. The summed E-state index contributed by atoms with van der Waals surface area (Å²) in [4.78, 5) is 7.12. The summed E-state index contributed by atoms with van der Waals surface area (Å²) < 4.78 is 8.20. The first kappa shape index (κ1) is 16.6. The molecule has 0 bridgehead atoms. The van der Waals surface area contributed by atoms with Crippen LogP contribution in [0.5, 0.6) is 0 Å². The third-order valence-electron chi connectivity index (χ3n) is 5.29. The number of para-hydroxylation sites is 1. The Hall–Kier alpha value is -1.91. The van der Waals surface area contributed by atoms with Crippen molar-refractivity contribution in [3.05, 3.63) is 47.4 Å². The molecular formula is C21H27N3O. The van der Waals surface area contributed by atoms with Gasteiger partial charge < -0.3 is 4.74 Å². The summed E-state index contributed by atoms with van der Waals surface area (Å²) in [6.45, 7) is 11.7. The molecule has 1 aliphatic rings. The fourth-order valence-electron chi connectivity index (χ4n) is 4.36. The second-order valence-electron chi connectivity index (χ2n) is 7.44. The van der Waals surface area contributed by atoms with E-state index in [4.69, 9.17) is 4.74 Å². The topological polar surface area (TPSA) is 29.8 Å². The molecule has 2 atom stereocenters. The molecule has 4 heteroatoms. The van der Waals surface area contributed by atoms with Crippen molar-refractivity contribution >= 4 is 16.4 Å². The third-order valence-corrected chi connectivity index (χ3v) is 5.29. The van der Waals surface area contributed by atoms with Crippen molar-refractivity contribution in [3.63, 3.8) is 0 Å². The highest BCUT2D eigenvalue weighted by atomic mass is 16.5.